The summed E-state index contributed by atoms with van der Waals surface area (Å²) in [6.07, 6.45) is -3.15. The number of aliphatic carboxylic acids is 1. The van der Waals surface area contributed by atoms with Crippen molar-refractivity contribution in [3.8, 4) is 5.69 Å². The third-order valence-corrected chi connectivity index (χ3v) is 10.4. The van der Waals surface area contributed by atoms with E-state index in [4.69, 9.17) is 0 Å². The summed E-state index contributed by atoms with van der Waals surface area (Å²) in [5.74, 6) is -7.06. The molecule has 2 heterocycles. The van der Waals surface area contributed by atoms with Crippen molar-refractivity contribution in [2.24, 2.45) is 12.5 Å². The summed E-state index contributed by atoms with van der Waals surface area (Å²) in [7, 11) is -3.18. The van der Waals surface area contributed by atoms with Gasteiger partial charge in [0.2, 0.25) is 5.91 Å². The number of aromatic nitrogens is 3. The average Bonchev–Trinajstić information content (AvgIpc) is 3.96. The number of sulfonamides is 1. The van der Waals surface area contributed by atoms with Crippen LogP contribution in [-0.2, 0) is 33.1 Å². The van der Waals surface area contributed by atoms with Gasteiger partial charge in [0.1, 0.15) is 23.1 Å². The van der Waals surface area contributed by atoms with E-state index in [0.717, 1.165) is 28.8 Å². The number of hydrogen-bond donors (Lipinski definition) is 4. The Morgan fingerprint density at radius 3 is 2.22 bits per heavy atom. The van der Waals surface area contributed by atoms with Gasteiger partial charge < -0.3 is 15.7 Å². The second kappa shape index (κ2) is 14.1. The molecule has 0 spiro atoms. The van der Waals surface area contributed by atoms with Crippen LogP contribution in [0.25, 0.3) is 16.6 Å². The molecule has 1 saturated carbocycles. The number of amides is 2. The molecular weight excluding hydrogens is 759 g/mol. The number of carboxylic acids is 1. The normalized spacial score (nSPS) is 14.2. The highest BCUT2D eigenvalue weighted by molar-refractivity contribution is 7.92. The van der Waals surface area contributed by atoms with Gasteiger partial charge in [0.15, 0.2) is 0 Å². The number of rotatable bonds is 11. The number of pyridine rings is 1. The zero-order valence-corrected chi connectivity index (χ0v) is 29.0. The predicted molar refractivity (Wildman–Crippen MR) is 185 cm³/mol. The minimum Gasteiger partial charge on any atom is -0.480 e. The molecule has 0 radical (unpaired) electrons. The zero-order valence-electron chi connectivity index (χ0n) is 28.1. The first-order valence-corrected chi connectivity index (χ1v) is 17.5. The highest BCUT2D eigenvalue weighted by atomic mass is 32.2. The van der Waals surface area contributed by atoms with E-state index in [1.165, 1.54) is 54.3 Å². The van der Waals surface area contributed by atoms with Gasteiger partial charge in [-0.25, -0.2) is 31.4 Å². The molecule has 6 rings (SSSR count). The average molecular weight is 787 g/mol. The minimum atomic E-state index is -4.77. The highest BCUT2D eigenvalue weighted by Crippen LogP contribution is 2.58. The number of halogens is 5. The Balaban J connectivity index is 1.13. The van der Waals surface area contributed by atoms with Gasteiger partial charge in [-0.15, -0.1) is 0 Å². The number of benzene rings is 3. The van der Waals surface area contributed by atoms with Gasteiger partial charge in [0, 0.05) is 31.4 Å². The maximum Gasteiger partial charge on any atom is 0.403 e. The molecule has 2 amide bonds. The van der Waals surface area contributed by atoms with Crippen LogP contribution in [0, 0.1) is 17.0 Å². The van der Waals surface area contributed by atoms with Gasteiger partial charge in [0.05, 0.1) is 38.9 Å². The summed E-state index contributed by atoms with van der Waals surface area (Å²) in [6, 6.07) is 9.87. The number of carboxylic acid groups (broad SMARTS) is 1. The van der Waals surface area contributed by atoms with Crippen molar-refractivity contribution in [3.05, 3.63) is 123 Å². The standard InChI is InChI=1S/C35H27F5N6O8S/c1-45-28-17-41-13-10-22(28)30(48)46(33(45)52)20-6-2-18(3-7-20)14-27(31(49)50)43-29(47)23-15-25(37)26(16-24(23)36)44-55(53,54)21-8-4-19(5-9-21)42-32(51)34(11-12-34)35(38,39)40/h2-10,13,15-17,27,44H,11-12,14H2,1H3,(H,42,51)(H,43,47)(H,49,50)/t27-/m0/s1. The fraction of sp³-hybridized carbons (Fsp3) is 0.200. The van der Waals surface area contributed by atoms with Crippen LogP contribution < -0.4 is 26.6 Å². The van der Waals surface area contributed by atoms with Crippen molar-refractivity contribution in [1.82, 2.24) is 19.4 Å². The van der Waals surface area contributed by atoms with Crippen LogP contribution in [0.4, 0.5) is 33.3 Å². The number of nitrogens with zero attached hydrogens (tertiary/aromatic N) is 3. The van der Waals surface area contributed by atoms with Crippen LogP contribution in [0.3, 0.4) is 0 Å². The molecule has 1 atom stereocenters. The van der Waals surface area contributed by atoms with Crippen LogP contribution in [0.1, 0.15) is 28.8 Å². The molecule has 4 N–H and O–H groups in total. The van der Waals surface area contributed by atoms with Crippen LogP contribution >= 0.6 is 0 Å². The summed E-state index contributed by atoms with van der Waals surface area (Å²) in [6.45, 7) is 0. The van der Waals surface area contributed by atoms with Gasteiger partial charge in [-0.1, -0.05) is 12.1 Å². The first kappa shape index (κ1) is 38.3. The Bertz CT molecular complexity index is 2610. The fourth-order valence-electron chi connectivity index (χ4n) is 5.71. The molecular formula is C35H27F5N6O8S. The summed E-state index contributed by atoms with van der Waals surface area (Å²) >= 11 is 0. The summed E-state index contributed by atoms with van der Waals surface area (Å²) in [5, 5.41) is 14.2. The molecule has 3 aromatic carbocycles. The third kappa shape index (κ3) is 7.39. The van der Waals surface area contributed by atoms with Gasteiger partial charge in [0.25, 0.3) is 21.5 Å². The number of nitrogens with one attached hydrogen (secondary N) is 3. The van der Waals surface area contributed by atoms with E-state index in [1.807, 2.05) is 0 Å². The minimum absolute atomic E-state index is 0.146. The van der Waals surface area contributed by atoms with E-state index in [0.29, 0.717) is 23.2 Å². The fourth-order valence-corrected chi connectivity index (χ4v) is 6.77. The second-order valence-corrected chi connectivity index (χ2v) is 14.3. The van der Waals surface area contributed by atoms with Gasteiger partial charge >= 0.3 is 17.8 Å². The Labute approximate surface area is 306 Å². The van der Waals surface area contributed by atoms with E-state index in [1.54, 1.807) is 4.72 Å². The molecule has 55 heavy (non-hydrogen) atoms. The molecule has 0 aliphatic heterocycles. The number of fused-ring (bicyclic) bond motifs is 1. The number of anilines is 2. The van der Waals surface area contributed by atoms with Crippen LogP contribution in [-0.4, -0.2) is 57.6 Å². The lowest BCUT2D eigenvalue weighted by Gasteiger charge is -2.18. The van der Waals surface area contributed by atoms with Crippen molar-refractivity contribution >= 4 is 50.1 Å². The third-order valence-electron chi connectivity index (χ3n) is 9.01. The van der Waals surface area contributed by atoms with E-state index in [2.05, 4.69) is 15.6 Å². The molecule has 0 saturated heterocycles. The molecule has 2 aromatic heterocycles. The number of carbonyl (C=O) groups is 3. The van der Waals surface area contributed by atoms with Gasteiger partial charge in [-0.3, -0.25) is 28.7 Å². The molecule has 0 unspecified atom stereocenters. The van der Waals surface area contributed by atoms with Crippen LogP contribution in [0.5, 0.6) is 0 Å². The first-order chi connectivity index (χ1) is 25.8. The van der Waals surface area contributed by atoms with Crippen molar-refractivity contribution in [2.45, 2.75) is 36.4 Å². The molecule has 1 aliphatic rings. The van der Waals surface area contributed by atoms with Crippen molar-refractivity contribution < 1.29 is 49.9 Å². The lowest BCUT2D eigenvalue weighted by molar-refractivity contribution is -0.189. The Hall–Kier alpha value is -6.44. The lowest BCUT2D eigenvalue weighted by Crippen LogP contribution is -2.42. The topological polar surface area (TPSA) is 199 Å². The van der Waals surface area contributed by atoms with Crippen LogP contribution in [0.2, 0.25) is 0 Å². The SMILES string of the molecule is Cn1c(=O)n(-c2ccc(C[C@H](NC(=O)c3cc(F)c(NS(=O)(=O)c4ccc(NC(=O)C5(C(F)(F)F)CC5)cc4)cc3F)C(=O)O)cc2)c(=O)c2ccncc21. The maximum absolute atomic E-state index is 15.1. The van der Waals surface area contributed by atoms with Crippen molar-refractivity contribution in [2.75, 3.05) is 10.0 Å². The largest absolute Gasteiger partial charge is 0.480 e. The molecule has 0 bridgehead atoms. The number of alkyl halides is 3. The van der Waals surface area contributed by atoms with Crippen molar-refractivity contribution in [1.29, 1.82) is 0 Å². The Morgan fingerprint density at radius 2 is 1.62 bits per heavy atom. The molecule has 1 aliphatic carbocycles. The van der Waals surface area contributed by atoms with E-state index in [9.17, 15) is 50.7 Å². The quantitative estimate of drug-likeness (QED) is 0.144. The second-order valence-electron chi connectivity index (χ2n) is 12.6. The smallest absolute Gasteiger partial charge is 0.403 e. The summed E-state index contributed by atoms with van der Waals surface area (Å²) in [5.41, 5.74) is -5.06. The van der Waals surface area contributed by atoms with Crippen LogP contribution in [0.15, 0.2) is 93.6 Å². The van der Waals surface area contributed by atoms with E-state index in [-0.39, 0.29) is 23.2 Å². The predicted octanol–water partition coefficient (Wildman–Crippen LogP) is 3.87. The molecule has 20 heteroatoms. The lowest BCUT2D eigenvalue weighted by atomic mass is 10.0. The van der Waals surface area contributed by atoms with E-state index >= 15 is 8.78 Å². The number of carbonyl (C=O) groups excluding carboxylic acids is 2. The number of aryl methyl sites for hydroxylation is 1. The number of hydrogen-bond acceptors (Lipinski definition) is 8. The molecule has 5 aromatic rings. The molecule has 14 nitrogen and oxygen atoms in total. The van der Waals surface area contributed by atoms with E-state index < -0.39 is 97.3 Å². The molecule has 286 valence electrons. The first-order valence-electron chi connectivity index (χ1n) is 16.0. The summed E-state index contributed by atoms with van der Waals surface area (Å²) in [4.78, 5) is 66.6. The maximum atomic E-state index is 15.1. The summed E-state index contributed by atoms with van der Waals surface area (Å²) < 4.78 is 99.6. The van der Waals surface area contributed by atoms with Gasteiger partial charge in [-0.2, -0.15) is 13.2 Å². The molecule has 1 fully saturated rings. The van der Waals surface area contributed by atoms with Gasteiger partial charge in [-0.05, 0) is 66.9 Å². The zero-order chi connectivity index (χ0) is 40.0. The monoisotopic (exact) mass is 786 g/mol. The Morgan fingerprint density at radius 1 is 0.964 bits per heavy atom. The highest BCUT2D eigenvalue weighted by Gasteiger charge is 2.68. The Kier molecular flexibility index (Phi) is 9.80. The van der Waals surface area contributed by atoms with Crippen molar-refractivity contribution in [3.63, 3.8) is 0 Å².